The average Bonchev–Trinajstić information content (AvgIpc) is 2.48. The predicted molar refractivity (Wildman–Crippen MR) is 76.6 cm³/mol. The first-order valence-corrected chi connectivity index (χ1v) is 6.34. The lowest BCUT2D eigenvalue weighted by Crippen LogP contribution is -2.15. The third-order valence-corrected chi connectivity index (χ3v) is 3.16. The summed E-state index contributed by atoms with van der Waals surface area (Å²) in [5.74, 6) is 0. The normalized spacial score (nSPS) is 12.5. The van der Waals surface area contributed by atoms with Gasteiger partial charge in [-0.3, -0.25) is 0 Å². The number of rotatable bonds is 3. The molecule has 0 spiro atoms. The van der Waals surface area contributed by atoms with E-state index >= 15 is 0 Å². The maximum absolute atomic E-state index is 6.23. The Balaban J connectivity index is 1.87. The van der Waals surface area contributed by atoms with Crippen molar-refractivity contribution in [1.29, 1.82) is 0 Å². The Morgan fingerprint density at radius 2 is 1.79 bits per heavy atom. The van der Waals surface area contributed by atoms with Crippen LogP contribution in [0.3, 0.4) is 0 Å². The van der Waals surface area contributed by atoms with Gasteiger partial charge in [0.05, 0.1) is 11.7 Å². The van der Waals surface area contributed by atoms with Crippen molar-refractivity contribution in [3.05, 3.63) is 72.1 Å². The number of aromatic nitrogens is 2. The van der Waals surface area contributed by atoms with Crippen LogP contribution < -0.4 is 5.73 Å². The molecule has 1 atom stereocenters. The molecule has 0 aliphatic heterocycles. The lowest BCUT2D eigenvalue weighted by Gasteiger charge is -2.11. The Morgan fingerprint density at radius 1 is 0.947 bits per heavy atom. The van der Waals surface area contributed by atoms with E-state index in [0.29, 0.717) is 0 Å². The summed E-state index contributed by atoms with van der Waals surface area (Å²) < 4.78 is 0. The van der Waals surface area contributed by atoms with Gasteiger partial charge in [-0.05, 0) is 36.2 Å². The quantitative estimate of drug-likeness (QED) is 0.776. The number of pyridine rings is 2. The Bertz CT molecular complexity index is 680. The molecule has 0 amide bonds. The van der Waals surface area contributed by atoms with Crippen LogP contribution in [0.4, 0.5) is 0 Å². The van der Waals surface area contributed by atoms with Crippen molar-refractivity contribution in [3.8, 4) is 0 Å². The fourth-order valence-electron chi connectivity index (χ4n) is 2.15. The SMILES string of the molecule is NC(Cc1ccccc1)c1ccc2cccnc2n1. The summed E-state index contributed by atoms with van der Waals surface area (Å²) in [5, 5.41) is 1.04. The summed E-state index contributed by atoms with van der Waals surface area (Å²) in [4.78, 5) is 8.80. The molecule has 0 aliphatic carbocycles. The summed E-state index contributed by atoms with van der Waals surface area (Å²) in [6, 6.07) is 18.0. The van der Waals surface area contributed by atoms with E-state index in [9.17, 15) is 0 Å². The average molecular weight is 249 g/mol. The molecule has 94 valence electrons. The molecule has 19 heavy (non-hydrogen) atoms. The van der Waals surface area contributed by atoms with Gasteiger partial charge in [0.25, 0.3) is 0 Å². The van der Waals surface area contributed by atoms with E-state index in [2.05, 4.69) is 22.1 Å². The van der Waals surface area contributed by atoms with Gasteiger partial charge in [0.1, 0.15) is 0 Å². The summed E-state index contributed by atoms with van der Waals surface area (Å²) >= 11 is 0. The fourth-order valence-corrected chi connectivity index (χ4v) is 2.15. The Morgan fingerprint density at radius 3 is 2.63 bits per heavy atom. The van der Waals surface area contributed by atoms with Crippen LogP contribution in [-0.2, 0) is 6.42 Å². The maximum Gasteiger partial charge on any atom is 0.159 e. The van der Waals surface area contributed by atoms with Gasteiger partial charge in [-0.15, -0.1) is 0 Å². The Kier molecular flexibility index (Phi) is 3.21. The van der Waals surface area contributed by atoms with Crippen LogP contribution in [-0.4, -0.2) is 9.97 Å². The molecule has 3 aromatic rings. The molecule has 1 unspecified atom stereocenters. The van der Waals surface area contributed by atoms with E-state index in [1.165, 1.54) is 5.56 Å². The molecule has 2 N–H and O–H groups in total. The van der Waals surface area contributed by atoms with E-state index in [1.807, 2.05) is 42.5 Å². The predicted octanol–water partition coefficient (Wildman–Crippen LogP) is 2.87. The molecular weight excluding hydrogens is 234 g/mol. The second kappa shape index (κ2) is 5.16. The van der Waals surface area contributed by atoms with Crippen LogP contribution in [0.1, 0.15) is 17.3 Å². The van der Waals surface area contributed by atoms with Crippen LogP contribution in [0.5, 0.6) is 0 Å². The first-order chi connectivity index (χ1) is 9.33. The highest BCUT2D eigenvalue weighted by molar-refractivity contribution is 5.74. The number of hydrogen-bond donors (Lipinski definition) is 1. The monoisotopic (exact) mass is 249 g/mol. The van der Waals surface area contributed by atoms with Gasteiger partial charge in [-0.25, -0.2) is 9.97 Å². The van der Waals surface area contributed by atoms with E-state index in [-0.39, 0.29) is 6.04 Å². The minimum absolute atomic E-state index is 0.103. The van der Waals surface area contributed by atoms with Gasteiger partial charge in [0, 0.05) is 11.6 Å². The molecule has 2 aromatic heterocycles. The van der Waals surface area contributed by atoms with Crippen LogP contribution in [0.15, 0.2) is 60.8 Å². The Hall–Kier alpha value is -2.26. The van der Waals surface area contributed by atoms with Gasteiger partial charge in [0.15, 0.2) is 5.65 Å². The Labute approximate surface area is 112 Å². The first-order valence-electron chi connectivity index (χ1n) is 6.34. The second-order valence-corrected chi connectivity index (χ2v) is 4.58. The van der Waals surface area contributed by atoms with Crippen molar-refractivity contribution in [2.24, 2.45) is 5.73 Å². The third-order valence-electron chi connectivity index (χ3n) is 3.16. The zero-order valence-electron chi connectivity index (χ0n) is 10.5. The van der Waals surface area contributed by atoms with Gasteiger partial charge < -0.3 is 5.73 Å². The summed E-state index contributed by atoms with van der Waals surface area (Å²) in [7, 11) is 0. The summed E-state index contributed by atoms with van der Waals surface area (Å²) in [5.41, 5.74) is 9.09. The van der Waals surface area contributed by atoms with E-state index in [1.54, 1.807) is 6.20 Å². The number of nitrogens with two attached hydrogens (primary N) is 1. The van der Waals surface area contributed by atoms with Crippen molar-refractivity contribution in [1.82, 2.24) is 9.97 Å². The molecule has 0 radical (unpaired) electrons. The summed E-state index contributed by atoms with van der Waals surface area (Å²) in [6.07, 6.45) is 2.54. The van der Waals surface area contributed by atoms with Gasteiger partial charge in [0.2, 0.25) is 0 Å². The number of nitrogens with zero attached hydrogens (tertiary/aromatic N) is 2. The lowest BCUT2D eigenvalue weighted by atomic mass is 10.0. The number of benzene rings is 1. The maximum atomic E-state index is 6.23. The highest BCUT2D eigenvalue weighted by Gasteiger charge is 2.09. The van der Waals surface area contributed by atoms with Gasteiger partial charge in [-0.1, -0.05) is 30.3 Å². The zero-order chi connectivity index (χ0) is 13.1. The molecule has 3 nitrogen and oxygen atoms in total. The van der Waals surface area contributed by atoms with Crippen LogP contribution >= 0.6 is 0 Å². The van der Waals surface area contributed by atoms with Crippen LogP contribution in [0, 0.1) is 0 Å². The van der Waals surface area contributed by atoms with Crippen molar-refractivity contribution < 1.29 is 0 Å². The molecule has 0 bridgehead atoms. The highest BCUT2D eigenvalue weighted by Crippen LogP contribution is 2.17. The molecule has 2 heterocycles. The molecule has 1 aromatic carbocycles. The van der Waals surface area contributed by atoms with Crippen molar-refractivity contribution in [3.63, 3.8) is 0 Å². The fraction of sp³-hybridized carbons (Fsp3) is 0.125. The molecular formula is C16H15N3. The highest BCUT2D eigenvalue weighted by atomic mass is 14.9. The molecule has 0 aliphatic rings. The topological polar surface area (TPSA) is 51.8 Å². The largest absolute Gasteiger partial charge is 0.322 e. The van der Waals surface area contributed by atoms with E-state index in [0.717, 1.165) is 23.1 Å². The van der Waals surface area contributed by atoms with Crippen molar-refractivity contribution in [2.75, 3.05) is 0 Å². The standard InChI is InChI=1S/C16H15N3/c17-14(11-12-5-2-1-3-6-12)15-9-8-13-7-4-10-18-16(13)19-15/h1-10,14H,11,17H2. The number of hydrogen-bond acceptors (Lipinski definition) is 3. The van der Waals surface area contributed by atoms with Gasteiger partial charge >= 0.3 is 0 Å². The van der Waals surface area contributed by atoms with Crippen LogP contribution in [0.25, 0.3) is 11.0 Å². The third kappa shape index (κ3) is 2.61. The molecule has 0 saturated carbocycles. The molecule has 3 rings (SSSR count). The minimum Gasteiger partial charge on any atom is -0.322 e. The zero-order valence-corrected chi connectivity index (χ0v) is 10.5. The second-order valence-electron chi connectivity index (χ2n) is 4.58. The molecule has 3 heteroatoms. The first kappa shape index (κ1) is 11.8. The van der Waals surface area contributed by atoms with Crippen molar-refractivity contribution >= 4 is 11.0 Å². The van der Waals surface area contributed by atoms with E-state index in [4.69, 9.17) is 5.73 Å². The van der Waals surface area contributed by atoms with E-state index < -0.39 is 0 Å². The number of fused-ring (bicyclic) bond motifs is 1. The van der Waals surface area contributed by atoms with Crippen LogP contribution in [0.2, 0.25) is 0 Å². The summed E-state index contributed by atoms with van der Waals surface area (Å²) in [6.45, 7) is 0. The van der Waals surface area contributed by atoms with Gasteiger partial charge in [-0.2, -0.15) is 0 Å². The lowest BCUT2D eigenvalue weighted by molar-refractivity contribution is 0.699. The molecule has 0 fully saturated rings. The minimum atomic E-state index is -0.103. The van der Waals surface area contributed by atoms with Crippen molar-refractivity contribution in [2.45, 2.75) is 12.5 Å². The smallest absolute Gasteiger partial charge is 0.159 e. The molecule has 0 saturated heterocycles.